The average molecular weight is 443 g/mol. The SMILES string of the molecule is N#Cc1cccc(C(=O)NC2CCC(Nc3cccc4sc(C(F)(F)F)cc34)CC2)c1. The molecule has 8 heteroatoms. The summed E-state index contributed by atoms with van der Waals surface area (Å²) in [7, 11) is 0. The van der Waals surface area contributed by atoms with Gasteiger partial charge in [0.2, 0.25) is 0 Å². The molecule has 1 heterocycles. The number of carbonyl (C=O) groups is 1. The Morgan fingerprint density at radius 2 is 1.74 bits per heavy atom. The minimum Gasteiger partial charge on any atom is -0.382 e. The number of thiophene rings is 1. The molecule has 0 bridgehead atoms. The predicted octanol–water partition coefficient (Wildman–Crippen LogP) is 5.94. The average Bonchev–Trinajstić information content (AvgIpc) is 3.21. The van der Waals surface area contributed by atoms with Crippen molar-refractivity contribution in [2.75, 3.05) is 5.32 Å². The summed E-state index contributed by atoms with van der Waals surface area (Å²) in [5.74, 6) is -0.198. The van der Waals surface area contributed by atoms with Gasteiger partial charge < -0.3 is 10.6 Å². The van der Waals surface area contributed by atoms with Gasteiger partial charge in [-0.2, -0.15) is 18.4 Å². The van der Waals surface area contributed by atoms with E-state index in [0.29, 0.717) is 26.9 Å². The van der Waals surface area contributed by atoms with Gasteiger partial charge in [-0.1, -0.05) is 12.1 Å². The standard InChI is InChI=1S/C23H20F3N3OS/c24-23(25,26)21-12-18-19(5-2-6-20(18)31-21)28-16-7-9-17(10-8-16)29-22(30)15-4-1-3-14(11-15)13-27/h1-6,11-12,16-17,28H,7-10H2,(H,29,30). The lowest BCUT2D eigenvalue weighted by molar-refractivity contribution is -0.134. The first kappa shape index (κ1) is 21.2. The number of hydrogen-bond donors (Lipinski definition) is 2. The Balaban J connectivity index is 1.37. The van der Waals surface area contributed by atoms with E-state index in [1.807, 2.05) is 12.1 Å². The van der Waals surface area contributed by atoms with Crippen LogP contribution in [0, 0.1) is 11.3 Å². The first-order chi connectivity index (χ1) is 14.8. The summed E-state index contributed by atoms with van der Waals surface area (Å²) in [6.45, 7) is 0. The van der Waals surface area contributed by atoms with Gasteiger partial charge >= 0.3 is 6.18 Å². The molecule has 1 amide bonds. The molecule has 1 saturated carbocycles. The van der Waals surface area contributed by atoms with Crippen LogP contribution in [0.1, 0.15) is 46.5 Å². The summed E-state index contributed by atoms with van der Waals surface area (Å²) in [5.41, 5.74) is 1.62. The number of nitrogens with zero attached hydrogens (tertiary/aromatic N) is 1. The van der Waals surface area contributed by atoms with Crippen molar-refractivity contribution in [1.82, 2.24) is 5.32 Å². The number of nitriles is 1. The molecule has 2 N–H and O–H groups in total. The lowest BCUT2D eigenvalue weighted by atomic mass is 9.90. The van der Waals surface area contributed by atoms with Gasteiger partial charge in [-0.25, -0.2) is 0 Å². The van der Waals surface area contributed by atoms with Gasteiger partial charge in [0.25, 0.3) is 5.91 Å². The molecule has 1 fully saturated rings. The van der Waals surface area contributed by atoms with Crippen LogP contribution in [0.15, 0.2) is 48.5 Å². The van der Waals surface area contributed by atoms with Crippen LogP contribution in [0.4, 0.5) is 18.9 Å². The topological polar surface area (TPSA) is 64.9 Å². The highest BCUT2D eigenvalue weighted by molar-refractivity contribution is 7.19. The highest BCUT2D eigenvalue weighted by Gasteiger charge is 2.33. The highest BCUT2D eigenvalue weighted by Crippen LogP contribution is 2.40. The molecule has 2 aromatic carbocycles. The predicted molar refractivity (Wildman–Crippen MR) is 115 cm³/mol. The van der Waals surface area contributed by atoms with Crippen molar-refractivity contribution in [2.45, 2.75) is 43.9 Å². The van der Waals surface area contributed by atoms with Crippen LogP contribution in [0.3, 0.4) is 0 Å². The zero-order valence-electron chi connectivity index (χ0n) is 16.5. The third kappa shape index (κ3) is 4.83. The van der Waals surface area contributed by atoms with Crippen molar-refractivity contribution in [2.24, 2.45) is 0 Å². The van der Waals surface area contributed by atoms with Crippen molar-refractivity contribution in [3.05, 3.63) is 64.5 Å². The molecule has 1 aliphatic carbocycles. The van der Waals surface area contributed by atoms with Gasteiger partial charge in [-0.05, 0) is 62.1 Å². The Kier molecular flexibility index (Phi) is 5.88. The molecule has 1 aromatic heterocycles. The summed E-state index contributed by atoms with van der Waals surface area (Å²) < 4.78 is 39.8. The maximum atomic E-state index is 13.1. The highest BCUT2D eigenvalue weighted by atomic mass is 32.1. The van der Waals surface area contributed by atoms with Crippen molar-refractivity contribution in [1.29, 1.82) is 5.26 Å². The summed E-state index contributed by atoms with van der Waals surface area (Å²) >= 11 is 0.755. The van der Waals surface area contributed by atoms with Gasteiger partial charge in [-0.15, -0.1) is 11.3 Å². The Bertz CT molecular complexity index is 1140. The fourth-order valence-electron chi connectivity index (χ4n) is 3.93. The fraction of sp³-hybridized carbons (Fsp3) is 0.304. The van der Waals surface area contributed by atoms with E-state index in [1.165, 1.54) is 6.07 Å². The number of alkyl halides is 3. The lowest BCUT2D eigenvalue weighted by Crippen LogP contribution is -2.40. The van der Waals surface area contributed by atoms with E-state index in [1.54, 1.807) is 36.4 Å². The minimum absolute atomic E-state index is 0.0325. The smallest absolute Gasteiger partial charge is 0.382 e. The maximum absolute atomic E-state index is 13.1. The molecule has 0 spiro atoms. The van der Waals surface area contributed by atoms with Crippen LogP contribution in [0.25, 0.3) is 10.1 Å². The van der Waals surface area contributed by atoms with Crippen LogP contribution >= 0.6 is 11.3 Å². The van der Waals surface area contributed by atoms with Crippen molar-refractivity contribution in [3.63, 3.8) is 0 Å². The number of nitrogens with one attached hydrogen (secondary N) is 2. The first-order valence-corrected chi connectivity index (χ1v) is 10.8. The monoisotopic (exact) mass is 443 g/mol. The zero-order valence-corrected chi connectivity index (χ0v) is 17.3. The first-order valence-electron chi connectivity index (χ1n) is 10.0. The van der Waals surface area contributed by atoms with Crippen LogP contribution in [-0.4, -0.2) is 18.0 Å². The van der Waals surface area contributed by atoms with Gasteiger partial charge in [0.05, 0.1) is 11.6 Å². The second kappa shape index (κ2) is 8.60. The Hall–Kier alpha value is -3.05. The summed E-state index contributed by atoms with van der Waals surface area (Å²) in [6.07, 6.45) is -1.20. The van der Waals surface area contributed by atoms with Gasteiger partial charge in [0.15, 0.2) is 0 Å². The third-order valence-electron chi connectivity index (χ3n) is 5.52. The van der Waals surface area contributed by atoms with Gasteiger partial charge in [0, 0.05) is 33.4 Å². The molecule has 4 nitrogen and oxygen atoms in total. The molecule has 4 rings (SSSR count). The van der Waals surface area contributed by atoms with Gasteiger partial charge in [-0.3, -0.25) is 4.79 Å². The number of amides is 1. The van der Waals surface area contributed by atoms with Crippen molar-refractivity contribution >= 4 is 33.0 Å². The molecule has 31 heavy (non-hydrogen) atoms. The second-order valence-corrected chi connectivity index (χ2v) is 8.77. The zero-order chi connectivity index (χ0) is 22.0. The third-order valence-corrected chi connectivity index (χ3v) is 6.66. The van der Waals surface area contributed by atoms with Crippen molar-refractivity contribution < 1.29 is 18.0 Å². The molecule has 0 aliphatic heterocycles. The molecule has 0 unspecified atom stereocenters. The summed E-state index contributed by atoms with van der Waals surface area (Å²) in [4.78, 5) is 11.9. The minimum atomic E-state index is -4.34. The number of benzene rings is 2. The largest absolute Gasteiger partial charge is 0.425 e. The number of halogens is 3. The van der Waals surface area contributed by atoms with E-state index in [2.05, 4.69) is 10.6 Å². The lowest BCUT2D eigenvalue weighted by Gasteiger charge is -2.30. The van der Waals surface area contributed by atoms with Gasteiger partial charge in [0.1, 0.15) is 4.88 Å². The number of rotatable bonds is 4. The number of fused-ring (bicyclic) bond motifs is 1. The summed E-state index contributed by atoms with van der Waals surface area (Å²) in [5, 5.41) is 16.0. The normalized spacial score (nSPS) is 19.0. The van der Waals surface area contributed by atoms with Crippen molar-refractivity contribution in [3.8, 4) is 6.07 Å². The van der Waals surface area contributed by atoms with E-state index in [9.17, 15) is 18.0 Å². The molecule has 0 radical (unpaired) electrons. The quantitative estimate of drug-likeness (QED) is 0.524. The molecular weight excluding hydrogens is 423 g/mol. The fourth-order valence-corrected chi connectivity index (χ4v) is 4.88. The van der Waals surface area contributed by atoms with Crippen LogP contribution in [0.5, 0.6) is 0 Å². The number of carbonyl (C=O) groups excluding carboxylic acids is 1. The molecule has 1 aliphatic rings. The number of anilines is 1. The van der Waals surface area contributed by atoms with E-state index in [4.69, 9.17) is 5.26 Å². The maximum Gasteiger partial charge on any atom is 0.425 e. The number of hydrogen-bond acceptors (Lipinski definition) is 4. The molecule has 0 saturated heterocycles. The van der Waals surface area contributed by atoms with E-state index >= 15 is 0 Å². The molecule has 3 aromatic rings. The Labute approximate surface area is 181 Å². The molecular formula is C23H20F3N3OS. The van der Waals surface area contributed by atoms with Crippen LogP contribution in [-0.2, 0) is 6.18 Å². The second-order valence-electron chi connectivity index (χ2n) is 7.68. The summed E-state index contributed by atoms with van der Waals surface area (Å²) in [6, 6.07) is 15.3. The Morgan fingerprint density at radius 1 is 1.03 bits per heavy atom. The molecule has 0 atom stereocenters. The van der Waals surface area contributed by atoms with E-state index in [0.717, 1.165) is 37.0 Å². The van der Waals surface area contributed by atoms with E-state index < -0.39 is 11.1 Å². The van der Waals surface area contributed by atoms with Crippen LogP contribution in [0.2, 0.25) is 0 Å². The Morgan fingerprint density at radius 3 is 2.45 bits per heavy atom. The molecule has 160 valence electrons. The van der Waals surface area contributed by atoms with E-state index in [-0.39, 0.29) is 18.0 Å². The van der Waals surface area contributed by atoms with Crippen LogP contribution < -0.4 is 10.6 Å².